The minimum absolute atomic E-state index is 0.0780. The highest BCUT2D eigenvalue weighted by Crippen LogP contribution is 2.34. The molecule has 3 atom stereocenters. The molecule has 1 amide bonds. The molecule has 4 nitrogen and oxygen atoms in total. The van der Waals surface area contributed by atoms with Crippen molar-refractivity contribution in [2.45, 2.75) is 32.6 Å². The van der Waals surface area contributed by atoms with E-state index in [-0.39, 0.29) is 11.8 Å². The summed E-state index contributed by atoms with van der Waals surface area (Å²) >= 11 is 0. The van der Waals surface area contributed by atoms with Gasteiger partial charge in [0, 0.05) is 13.1 Å². The molecule has 1 heterocycles. The van der Waals surface area contributed by atoms with Crippen molar-refractivity contribution in [1.29, 1.82) is 0 Å². The number of hydrogen-bond donors (Lipinski definition) is 1. The highest BCUT2D eigenvalue weighted by atomic mass is 16.4. The molecule has 1 aliphatic carbocycles. The van der Waals surface area contributed by atoms with Gasteiger partial charge in [-0.3, -0.25) is 9.59 Å². The van der Waals surface area contributed by atoms with Crippen LogP contribution in [0, 0.1) is 17.8 Å². The monoisotopic (exact) mass is 225 g/mol. The molecule has 1 saturated heterocycles. The largest absolute Gasteiger partial charge is 0.481 e. The van der Waals surface area contributed by atoms with E-state index in [0.29, 0.717) is 12.3 Å². The minimum atomic E-state index is -0.803. The number of hydrogen-bond acceptors (Lipinski definition) is 2. The average Bonchev–Trinajstić information content (AvgIpc) is 2.84. The van der Waals surface area contributed by atoms with Crippen molar-refractivity contribution in [3.63, 3.8) is 0 Å². The molecule has 0 radical (unpaired) electrons. The molecule has 0 aromatic rings. The summed E-state index contributed by atoms with van der Waals surface area (Å²) in [7, 11) is 0. The summed E-state index contributed by atoms with van der Waals surface area (Å²) in [5, 5.41) is 9.06. The van der Waals surface area contributed by atoms with Gasteiger partial charge in [-0.1, -0.05) is 13.3 Å². The van der Waals surface area contributed by atoms with Crippen molar-refractivity contribution in [3.05, 3.63) is 0 Å². The number of carboxylic acid groups (broad SMARTS) is 1. The smallest absolute Gasteiger partial charge is 0.307 e. The lowest BCUT2D eigenvalue weighted by Crippen LogP contribution is -2.37. The second-order valence-electron chi connectivity index (χ2n) is 5.16. The van der Waals surface area contributed by atoms with Crippen LogP contribution in [0.2, 0.25) is 0 Å². The van der Waals surface area contributed by atoms with Gasteiger partial charge in [0.05, 0.1) is 11.8 Å². The summed E-state index contributed by atoms with van der Waals surface area (Å²) in [5.41, 5.74) is 0. The average molecular weight is 225 g/mol. The molecule has 2 aliphatic rings. The molecule has 1 N–H and O–H groups in total. The topological polar surface area (TPSA) is 57.6 Å². The van der Waals surface area contributed by atoms with Gasteiger partial charge in [0.1, 0.15) is 0 Å². The first kappa shape index (κ1) is 11.4. The lowest BCUT2D eigenvalue weighted by molar-refractivity contribution is -0.148. The summed E-state index contributed by atoms with van der Waals surface area (Å²) in [6.07, 6.45) is 3.34. The summed E-state index contributed by atoms with van der Waals surface area (Å²) in [5.74, 6) is -0.864. The SMILES string of the molecule is CC1CCN(C(=O)[C@@H]2CCC[C@@H]2C(=O)O)C1. The first-order chi connectivity index (χ1) is 7.59. The van der Waals surface area contributed by atoms with E-state index in [1.807, 2.05) is 4.90 Å². The number of likely N-dealkylation sites (tertiary alicyclic amines) is 1. The van der Waals surface area contributed by atoms with Gasteiger partial charge in [-0.15, -0.1) is 0 Å². The third-order valence-electron chi connectivity index (χ3n) is 3.89. The Morgan fingerprint density at radius 1 is 1.19 bits per heavy atom. The highest BCUT2D eigenvalue weighted by Gasteiger charge is 2.40. The fraction of sp³-hybridized carbons (Fsp3) is 0.833. The maximum atomic E-state index is 12.2. The third kappa shape index (κ3) is 2.06. The number of carboxylic acids is 1. The van der Waals surface area contributed by atoms with Crippen LogP contribution < -0.4 is 0 Å². The number of amides is 1. The van der Waals surface area contributed by atoms with Crippen LogP contribution in [0.5, 0.6) is 0 Å². The van der Waals surface area contributed by atoms with Crippen LogP contribution in [0.25, 0.3) is 0 Å². The van der Waals surface area contributed by atoms with Crippen LogP contribution in [-0.4, -0.2) is 35.0 Å². The van der Waals surface area contributed by atoms with Gasteiger partial charge in [0.25, 0.3) is 0 Å². The zero-order chi connectivity index (χ0) is 11.7. The van der Waals surface area contributed by atoms with Crippen LogP contribution in [-0.2, 0) is 9.59 Å². The van der Waals surface area contributed by atoms with E-state index in [9.17, 15) is 9.59 Å². The standard InChI is InChI=1S/C12H19NO3/c1-8-5-6-13(7-8)11(14)9-3-2-4-10(9)12(15)16/h8-10H,2-7H2,1H3,(H,15,16)/t8?,9-,10+/m1/s1. The normalized spacial score (nSPS) is 34.3. The Morgan fingerprint density at radius 3 is 2.44 bits per heavy atom. The number of nitrogens with zero attached hydrogens (tertiary/aromatic N) is 1. The Bertz CT molecular complexity index is 303. The van der Waals surface area contributed by atoms with Gasteiger partial charge in [-0.25, -0.2) is 0 Å². The fourth-order valence-corrected chi connectivity index (χ4v) is 2.92. The van der Waals surface area contributed by atoms with Crippen LogP contribution in [0.1, 0.15) is 32.6 Å². The Hall–Kier alpha value is -1.06. The van der Waals surface area contributed by atoms with Crippen molar-refractivity contribution in [2.24, 2.45) is 17.8 Å². The summed E-state index contributed by atoms with van der Waals surface area (Å²) in [6, 6.07) is 0. The Kier molecular flexibility index (Phi) is 3.17. The van der Waals surface area contributed by atoms with E-state index < -0.39 is 11.9 Å². The van der Waals surface area contributed by atoms with Gasteiger partial charge in [0.15, 0.2) is 0 Å². The highest BCUT2D eigenvalue weighted by molar-refractivity contribution is 5.85. The predicted octanol–water partition coefficient (Wildman–Crippen LogP) is 1.36. The molecular formula is C12H19NO3. The first-order valence-corrected chi connectivity index (χ1v) is 6.11. The summed E-state index contributed by atoms with van der Waals surface area (Å²) in [6.45, 7) is 3.75. The van der Waals surface area contributed by atoms with Crippen molar-refractivity contribution >= 4 is 11.9 Å². The van der Waals surface area contributed by atoms with Gasteiger partial charge < -0.3 is 10.0 Å². The van der Waals surface area contributed by atoms with Crippen LogP contribution in [0.15, 0.2) is 0 Å². The molecule has 0 aromatic heterocycles. The molecule has 0 aromatic carbocycles. The first-order valence-electron chi connectivity index (χ1n) is 6.11. The molecule has 4 heteroatoms. The summed E-state index contributed by atoms with van der Waals surface area (Å²) < 4.78 is 0. The summed E-state index contributed by atoms with van der Waals surface area (Å²) in [4.78, 5) is 25.1. The van der Waals surface area contributed by atoms with Crippen molar-refractivity contribution in [1.82, 2.24) is 4.90 Å². The second kappa shape index (κ2) is 4.44. The lowest BCUT2D eigenvalue weighted by atomic mass is 9.95. The number of rotatable bonds is 2. The molecule has 0 bridgehead atoms. The lowest BCUT2D eigenvalue weighted by Gasteiger charge is -2.22. The van der Waals surface area contributed by atoms with E-state index in [0.717, 1.165) is 32.4 Å². The third-order valence-corrected chi connectivity index (χ3v) is 3.89. The zero-order valence-electron chi connectivity index (χ0n) is 9.69. The molecule has 90 valence electrons. The molecule has 2 rings (SSSR count). The van der Waals surface area contributed by atoms with E-state index in [2.05, 4.69) is 6.92 Å². The quantitative estimate of drug-likeness (QED) is 0.772. The van der Waals surface area contributed by atoms with Crippen molar-refractivity contribution in [2.75, 3.05) is 13.1 Å². The molecule has 1 aliphatic heterocycles. The van der Waals surface area contributed by atoms with Gasteiger partial charge >= 0.3 is 5.97 Å². The van der Waals surface area contributed by atoms with Crippen molar-refractivity contribution < 1.29 is 14.7 Å². The maximum Gasteiger partial charge on any atom is 0.307 e. The molecule has 1 unspecified atom stereocenters. The van der Waals surface area contributed by atoms with E-state index >= 15 is 0 Å². The van der Waals surface area contributed by atoms with Crippen LogP contribution >= 0.6 is 0 Å². The zero-order valence-corrected chi connectivity index (χ0v) is 9.69. The number of carbonyl (C=O) groups excluding carboxylic acids is 1. The Morgan fingerprint density at radius 2 is 1.88 bits per heavy atom. The van der Waals surface area contributed by atoms with E-state index in [4.69, 9.17) is 5.11 Å². The number of aliphatic carboxylic acids is 1. The predicted molar refractivity (Wildman–Crippen MR) is 58.8 cm³/mol. The molecule has 16 heavy (non-hydrogen) atoms. The maximum absolute atomic E-state index is 12.2. The van der Waals surface area contributed by atoms with Crippen molar-refractivity contribution in [3.8, 4) is 0 Å². The molecular weight excluding hydrogens is 206 g/mol. The molecule has 2 fully saturated rings. The molecule has 0 spiro atoms. The Balaban J connectivity index is 2.01. The Labute approximate surface area is 95.6 Å². The van der Waals surface area contributed by atoms with Gasteiger partial charge in [0.2, 0.25) is 5.91 Å². The fourth-order valence-electron chi connectivity index (χ4n) is 2.92. The van der Waals surface area contributed by atoms with Crippen LogP contribution in [0.3, 0.4) is 0 Å². The van der Waals surface area contributed by atoms with Crippen LogP contribution in [0.4, 0.5) is 0 Å². The van der Waals surface area contributed by atoms with Gasteiger partial charge in [-0.2, -0.15) is 0 Å². The minimum Gasteiger partial charge on any atom is -0.481 e. The second-order valence-corrected chi connectivity index (χ2v) is 5.16. The van der Waals surface area contributed by atoms with E-state index in [1.54, 1.807) is 0 Å². The molecule has 1 saturated carbocycles. The number of carbonyl (C=O) groups is 2. The van der Waals surface area contributed by atoms with Gasteiger partial charge in [-0.05, 0) is 25.2 Å². The van der Waals surface area contributed by atoms with E-state index in [1.165, 1.54) is 0 Å².